The third-order valence-corrected chi connectivity index (χ3v) is 4.16. The molecule has 14 heavy (non-hydrogen) atoms. The van der Waals surface area contributed by atoms with E-state index >= 15 is 0 Å². The summed E-state index contributed by atoms with van der Waals surface area (Å²) in [5.74, 6) is 1.23. The van der Waals surface area contributed by atoms with Gasteiger partial charge in [-0.25, -0.2) is 0 Å². The van der Waals surface area contributed by atoms with Gasteiger partial charge in [0.2, 0.25) is 0 Å². The largest absolute Gasteiger partial charge is 0.364 e. The van der Waals surface area contributed by atoms with Gasteiger partial charge in [-0.2, -0.15) is 0 Å². The molecule has 2 aliphatic heterocycles. The summed E-state index contributed by atoms with van der Waals surface area (Å²) >= 11 is 1.99. The summed E-state index contributed by atoms with van der Waals surface area (Å²) in [7, 11) is 0. The molecule has 1 aromatic rings. The van der Waals surface area contributed by atoms with Crippen molar-refractivity contribution in [2.75, 3.05) is 30.3 Å². The van der Waals surface area contributed by atoms with E-state index in [0.717, 1.165) is 19.6 Å². The number of hydrogen-bond donors (Lipinski definition) is 1. The Kier molecular flexibility index (Phi) is 2.14. The molecule has 1 atom stereocenters. The van der Waals surface area contributed by atoms with Crippen molar-refractivity contribution in [3.05, 3.63) is 24.3 Å². The van der Waals surface area contributed by atoms with Gasteiger partial charge in [0.05, 0.1) is 11.7 Å². The molecule has 74 valence electrons. The van der Waals surface area contributed by atoms with E-state index < -0.39 is 0 Å². The number of thioether (sulfide) groups is 1. The second-order valence-electron chi connectivity index (χ2n) is 3.83. The Morgan fingerprint density at radius 3 is 3.29 bits per heavy atom. The zero-order valence-electron chi connectivity index (χ0n) is 8.07. The highest BCUT2D eigenvalue weighted by Gasteiger charge is 2.28. The standard InChI is InChI=1S/C11H14N2S/c1-2-4-11-10(3-1)13-6-5-12-7-9(13)8-14-11/h1-4,9,12H,5-8H2. The first kappa shape index (κ1) is 8.62. The summed E-state index contributed by atoms with van der Waals surface area (Å²) in [6.07, 6.45) is 0. The molecular weight excluding hydrogens is 192 g/mol. The minimum absolute atomic E-state index is 0.698. The fraction of sp³-hybridized carbons (Fsp3) is 0.455. The van der Waals surface area contributed by atoms with Gasteiger partial charge in [0, 0.05) is 30.3 Å². The van der Waals surface area contributed by atoms with Crippen LogP contribution in [-0.4, -0.2) is 31.4 Å². The van der Waals surface area contributed by atoms with Crippen LogP contribution in [0.25, 0.3) is 0 Å². The Bertz CT molecular complexity index is 340. The highest BCUT2D eigenvalue weighted by Crippen LogP contribution is 2.37. The van der Waals surface area contributed by atoms with Crippen molar-refractivity contribution in [2.24, 2.45) is 0 Å². The van der Waals surface area contributed by atoms with Crippen molar-refractivity contribution >= 4 is 17.4 Å². The number of hydrogen-bond acceptors (Lipinski definition) is 3. The van der Waals surface area contributed by atoms with Gasteiger partial charge in [-0.1, -0.05) is 12.1 Å². The zero-order valence-corrected chi connectivity index (χ0v) is 8.89. The molecule has 0 spiro atoms. The monoisotopic (exact) mass is 206 g/mol. The Balaban J connectivity index is 1.99. The van der Waals surface area contributed by atoms with E-state index in [1.165, 1.54) is 16.3 Å². The van der Waals surface area contributed by atoms with Gasteiger partial charge in [-0.15, -0.1) is 11.8 Å². The predicted octanol–water partition coefficient (Wildman–Crippen LogP) is 1.57. The Labute approximate surface area is 88.7 Å². The molecule has 3 rings (SSSR count). The average Bonchev–Trinajstić information content (AvgIpc) is 2.29. The van der Waals surface area contributed by atoms with Crippen LogP contribution in [-0.2, 0) is 0 Å². The smallest absolute Gasteiger partial charge is 0.0509 e. The van der Waals surface area contributed by atoms with E-state index in [1.807, 2.05) is 11.8 Å². The minimum Gasteiger partial charge on any atom is -0.364 e. The lowest BCUT2D eigenvalue weighted by atomic mass is 10.1. The van der Waals surface area contributed by atoms with E-state index in [1.54, 1.807) is 0 Å². The first-order valence-corrected chi connectivity index (χ1v) is 6.13. The van der Waals surface area contributed by atoms with Gasteiger partial charge in [0.25, 0.3) is 0 Å². The first-order chi connectivity index (χ1) is 6.95. The van der Waals surface area contributed by atoms with Gasteiger partial charge in [0.1, 0.15) is 0 Å². The van der Waals surface area contributed by atoms with Crippen LogP contribution in [0.4, 0.5) is 5.69 Å². The van der Waals surface area contributed by atoms with Crippen LogP contribution in [0.1, 0.15) is 0 Å². The normalized spacial score (nSPS) is 25.4. The molecule has 2 nitrogen and oxygen atoms in total. The molecule has 1 unspecified atom stereocenters. The van der Waals surface area contributed by atoms with Crippen molar-refractivity contribution in [3.63, 3.8) is 0 Å². The fourth-order valence-electron chi connectivity index (χ4n) is 2.23. The summed E-state index contributed by atoms with van der Waals surface area (Å²) in [4.78, 5) is 4.01. The van der Waals surface area contributed by atoms with Gasteiger partial charge < -0.3 is 10.2 Å². The van der Waals surface area contributed by atoms with Crippen LogP contribution in [0.5, 0.6) is 0 Å². The molecule has 1 saturated heterocycles. The van der Waals surface area contributed by atoms with Crippen LogP contribution in [0.3, 0.4) is 0 Å². The zero-order chi connectivity index (χ0) is 9.38. The second-order valence-corrected chi connectivity index (χ2v) is 4.89. The molecule has 0 amide bonds. The second kappa shape index (κ2) is 3.48. The highest BCUT2D eigenvalue weighted by atomic mass is 32.2. The SMILES string of the molecule is c1ccc2c(c1)SCC1CNCCN21. The van der Waals surface area contributed by atoms with E-state index in [0.29, 0.717) is 6.04 Å². The molecule has 2 aliphatic rings. The van der Waals surface area contributed by atoms with Crippen LogP contribution >= 0.6 is 11.8 Å². The number of benzene rings is 1. The third-order valence-electron chi connectivity index (χ3n) is 2.96. The number of nitrogens with one attached hydrogen (secondary N) is 1. The Morgan fingerprint density at radius 2 is 2.29 bits per heavy atom. The lowest BCUT2D eigenvalue weighted by Crippen LogP contribution is -2.54. The van der Waals surface area contributed by atoms with Crippen molar-refractivity contribution in [3.8, 4) is 0 Å². The maximum Gasteiger partial charge on any atom is 0.0509 e. The lowest BCUT2D eigenvalue weighted by Gasteiger charge is -2.41. The summed E-state index contributed by atoms with van der Waals surface area (Å²) in [6, 6.07) is 9.46. The van der Waals surface area contributed by atoms with E-state index in [2.05, 4.69) is 34.5 Å². The molecular formula is C11H14N2S. The molecule has 0 aliphatic carbocycles. The number of rotatable bonds is 0. The lowest BCUT2D eigenvalue weighted by molar-refractivity contribution is 0.500. The summed E-state index contributed by atoms with van der Waals surface area (Å²) < 4.78 is 0. The number of piperazine rings is 1. The summed E-state index contributed by atoms with van der Waals surface area (Å²) in [6.45, 7) is 3.42. The van der Waals surface area contributed by atoms with Crippen molar-refractivity contribution < 1.29 is 0 Å². The average molecular weight is 206 g/mol. The van der Waals surface area contributed by atoms with Gasteiger partial charge >= 0.3 is 0 Å². The van der Waals surface area contributed by atoms with E-state index in [9.17, 15) is 0 Å². The van der Waals surface area contributed by atoms with Crippen LogP contribution in [0.2, 0.25) is 0 Å². The first-order valence-electron chi connectivity index (χ1n) is 5.14. The van der Waals surface area contributed by atoms with Crippen LogP contribution in [0.15, 0.2) is 29.2 Å². The quantitative estimate of drug-likeness (QED) is 0.693. The van der Waals surface area contributed by atoms with Crippen molar-refractivity contribution in [1.29, 1.82) is 0 Å². The number of para-hydroxylation sites is 1. The predicted molar refractivity (Wildman–Crippen MR) is 61.2 cm³/mol. The van der Waals surface area contributed by atoms with Gasteiger partial charge in [-0.05, 0) is 12.1 Å². The molecule has 0 aromatic heterocycles. The van der Waals surface area contributed by atoms with E-state index in [-0.39, 0.29) is 0 Å². The van der Waals surface area contributed by atoms with Crippen LogP contribution in [0, 0.1) is 0 Å². The maximum atomic E-state index is 3.46. The Morgan fingerprint density at radius 1 is 1.36 bits per heavy atom. The molecule has 0 saturated carbocycles. The molecule has 1 N–H and O–H groups in total. The van der Waals surface area contributed by atoms with Gasteiger partial charge in [0.15, 0.2) is 0 Å². The molecule has 3 heteroatoms. The third kappa shape index (κ3) is 1.31. The fourth-order valence-corrected chi connectivity index (χ4v) is 3.41. The summed E-state index contributed by atoms with van der Waals surface area (Å²) in [5, 5.41) is 3.46. The van der Waals surface area contributed by atoms with Crippen molar-refractivity contribution in [2.45, 2.75) is 10.9 Å². The molecule has 1 fully saturated rings. The number of nitrogens with zero attached hydrogens (tertiary/aromatic N) is 1. The number of anilines is 1. The van der Waals surface area contributed by atoms with Gasteiger partial charge in [-0.3, -0.25) is 0 Å². The van der Waals surface area contributed by atoms with Crippen molar-refractivity contribution in [1.82, 2.24) is 5.32 Å². The molecule has 2 heterocycles. The summed E-state index contributed by atoms with van der Waals surface area (Å²) in [5.41, 5.74) is 1.44. The van der Waals surface area contributed by atoms with E-state index in [4.69, 9.17) is 0 Å². The number of fused-ring (bicyclic) bond motifs is 3. The maximum absolute atomic E-state index is 3.46. The highest BCUT2D eigenvalue weighted by molar-refractivity contribution is 7.99. The molecule has 0 bridgehead atoms. The topological polar surface area (TPSA) is 15.3 Å². The molecule has 1 aromatic carbocycles. The Hall–Kier alpha value is -0.670. The minimum atomic E-state index is 0.698. The van der Waals surface area contributed by atoms with Crippen LogP contribution < -0.4 is 10.2 Å². The molecule has 0 radical (unpaired) electrons.